The third kappa shape index (κ3) is 4.05. The summed E-state index contributed by atoms with van der Waals surface area (Å²) >= 11 is 0. The largest absolute Gasteiger partial charge is 0.444 e. The fraction of sp³-hybridized carbons (Fsp3) is 0.722. The van der Waals surface area contributed by atoms with Crippen LogP contribution in [0, 0.1) is 5.41 Å². The Morgan fingerprint density at radius 2 is 1.95 bits per heavy atom. The molecule has 0 aromatic carbocycles. The van der Waals surface area contributed by atoms with Crippen LogP contribution < -0.4 is 5.32 Å². The molecule has 22 heavy (non-hydrogen) atoms. The van der Waals surface area contributed by atoms with Crippen molar-refractivity contribution in [2.45, 2.75) is 58.5 Å². The number of ether oxygens (including phenoxy) is 1. The molecule has 1 fully saturated rings. The van der Waals surface area contributed by atoms with Crippen molar-refractivity contribution in [3.8, 4) is 0 Å². The lowest BCUT2D eigenvalue weighted by Gasteiger charge is -2.43. The molecule has 0 atom stereocenters. The van der Waals surface area contributed by atoms with Gasteiger partial charge in [-0.25, -0.2) is 4.79 Å². The van der Waals surface area contributed by atoms with Gasteiger partial charge in [0.1, 0.15) is 5.60 Å². The van der Waals surface area contributed by atoms with Crippen LogP contribution in [0.2, 0.25) is 0 Å². The van der Waals surface area contributed by atoms with Crippen LogP contribution >= 0.6 is 0 Å². The minimum absolute atomic E-state index is 0.169. The molecule has 0 saturated carbocycles. The molecule has 0 bridgehead atoms. The lowest BCUT2D eigenvalue weighted by molar-refractivity contribution is 0.00866. The van der Waals surface area contributed by atoms with Crippen molar-refractivity contribution in [3.05, 3.63) is 23.9 Å². The smallest absolute Gasteiger partial charge is 0.410 e. The van der Waals surface area contributed by atoms with E-state index in [1.54, 1.807) is 0 Å². The van der Waals surface area contributed by atoms with Crippen LogP contribution in [0.3, 0.4) is 0 Å². The number of hydrogen-bond acceptors (Lipinski definition) is 3. The highest BCUT2D eigenvalue weighted by Crippen LogP contribution is 2.44. The number of likely N-dealkylation sites (N-methyl/N-ethyl adjacent to an activating group) is 1. The van der Waals surface area contributed by atoms with E-state index in [-0.39, 0.29) is 6.09 Å². The molecule has 0 radical (unpaired) electrons. The molecule has 1 amide bonds. The zero-order valence-corrected chi connectivity index (χ0v) is 14.5. The van der Waals surface area contributed by atoms with Gasteiger partial charge in [-0.15, -0.1) is 0 Å². The molecular formula is C18H30N2O2. The molecule has 2 aliphatic rings. The Balaban J connectivity index is 1.89. The van der Waals surface area contributed by atoms with Crippen LogP contribution in [-0.4, -0.2) is 36.7 Å². The molecule has 2 rings (SSSR count). The Kier molecular flexibility index (Phi) is 4.88. The van der Waals surface area contributed by atoms with Crippen molar-refractivity contribution >= 4 is 6.09 Å². The van der Waals surface area contributed by atoms with Gasteiger partial charge < -0.3 is 15.0 Å². The second-order valence-corrected chi connectivity index (χ2v) is 7.63. The molecule has 0 aromatic heterocycles. The predicted octanol–water partition coefficient (Wildman–Crippen LogP) is 3.85. The summed E-state index contributed by atoms with van der Waals surface area (Å²) < 4.78 is 5.47. The maximum Gasteiger partial charge on any atom is 0.410 e. The van der Waals surface area contributed by atoms with Crippen molar-refractivity contribution in [3.63, 3.8) is 0 Å². The second-order valence-electron chi connectivity index (χ2n) is 7.63. The molecule has 1 aliphatic heterocycles. The normalized spacial score (nSPS) is 21.3. The minimum atomic E-state index is -0.414. The van der Waals surface area contributed by atoms with Gasteiger partial charge in [0.25, 0.3) is 0 Å². The molecule has 1 heterocycles. The van der Waals surface area contributed by atoms with Gasteiger partial charge in [-0.05, 0) is 63.9 Å². The maximum absolute atomic E-state index is 12.1. The summed E-state index contributed by atoms with van der Waals surface area (Å²) in [5, 5.41) is 3.14. The molecule has 1 spiro atoms. The van der Waals surface area contributed by atoms with Crippen LogP contribution in [0.15, 0.2) is 23.9 Å². The average Bonchev–Trinajstić information content (AvgIpc) is 2.46. The standard InChI is InChI=1S/C18H30N2O2/c1-14(19-5)15-6-8-18(9-7-15)10-12-20(13-11-18)16(21)22-17(2,3)4/h6,19H,1,7-13H2,2-5H3. The number of amides is 1. The molecule has 4 heteroatoms. The van der Waals surface area contributed by atoms with Gasteiger partial charge in [0, 0.05) is 25.8 Å². The summed E-state index contributed by atoms with van der Waals surface area (Å²) in [6.07, 6.45) is 7.70. The van der Waals surface area contributed by atoms with Crippen LogP contribution in [0.25, 0.3) is 0 Å². The monoisotopic (exact) mass is 306 g/mol. The summed E-state index contributed by atoms with van der Waals surface area (Å²) in [5.74, 6) is 0. The predicted molar refractivity (Wildman–Crippen MR) is 89.6 cm³/mol. The highest BCUT2D eigenvalue weighted by Gasteiger charge is 2.37. The molecule has 1 saturated heterocycles. The molecule has 4 nitrogen and oxygen atoms in total. The van der Waals surface area contributed by atoms with E-state index in [1.807, 2.05) is 32.7 Å². The third-order valence-electron chi connectivity index (χ3n) is 4.87. The van der Waals surface area contributed by atoms with E-state index in [2.05, 4.69) is 18.0 Å². The second kappa shape index (κ2) is 6.35. The van der Waals surface area contributed by atoms with E-state index in [0.29, 0.717) is 5.41 Å². The lowest BCUT2D eigenvalue weighted by Crippen LogP contribution is -2.45. The van der Waals surface area contributed by atoms with E-state index in [0.717, 1.165) is 44.5 Å². The van der Waals surface area contributed by atoms with Gasteiger partial charge in [-0.1, -0.05) is 12.7 Å². The minimum Gasteiger partial charge on any atom is -0.444 e. The zero-order chi connectivity index (χ0) is 16.4. The van der Waals surface area contributed by atoms with Crippen molar-refractivity contribution < 1.29 is 9.53 Å². The SMILES string of the molecule is C=C(NC)C1=CCC2(CC1)CCN(C(=O)OC(C)(C)C)CC2. The Morgan fingerprint density at radius 1 is 1.32 bits per heavy atom. The first-order valence-corrected chi connectivity index (χ1v) is 8.29. The number of piperidine rings is 1. The van der Waals surface area contributed by atoms with E-state index >= 15 is 0 Å². The zero-order valence-electron chi connectivity index (χ0n) is 14.5. The average molecular weight is 306 g/mol. The molecule has 1 N–H and O–H groups in total. The number of likely N-dealkylation sites (tertiary alicyclic amines) is 1. The summed E-state index contributed by atoms with van der Waals surface area (Å²) in [5.41, 5.74) is 2.35. The molecular weight excluding hydrogens is 276 g/mol. The summed E-state index contributed by atoms with van der Waals surface area (Å²) in [6.45, 7) is 11.4. The Hall–Kier alpha value is -1.45. The highest BCUT2D eigenvalue weighted by molar-refractivity contribution is 5.68. The fourth-order valence-electron chi connectivity index (χ4n) is 3.32. The van der Waals surface area contributed by atoms with Crippen LogP contribution in [0.1, 0.15) is 52.9 Å². The molecule has 124 valence electrons. The van der Waals surface area contributed by atoms with Crippen LogP contribution in [0.5, 0.6) is 0 Å². The fourth-order valence-corrected chi connectivity index (χ4v) is 3.32. The number of nitrogens with one attached hydrogen (secondary N) is 1. The highest BCUT2D eigenvalue weighted by atomic mass is 16.6. The topological polar surface area (TPSA) is 41.6 Å². The van der Waals surface area contributed by atoms with Crippen LogP contribution in [0.4, 0.5) is 4.79 Å². The van der Waals surface area contributed by atoms with Gasteiger partial charge in [0.2, 0.25) is 0 Å². The first kappa shape index (κ1) is 16.9. The van der Waals surface area contributed by atoms with Gasteiger partial charge in [-0.2, -0.15) is 0 Å². The number of rotatable bonds is 2. The Morgan fingerprint density at radius 3 is 2.41 bits per heavy atom. The van der Waals surface area contributed by atoms with E-state index in [9.17, 15) is 4.79 Å². The van der Waals surface area contributed by atoms with E-state index in [1.165, 1.54) is 12.0 Å². The number of hydrogen-bond donors (Lipinski definition) is 1. The van der Waals surface area contributed by atoms with Gasteiger partial charge in [-0.3, -0.25) is 0 Å². The number of carbonyl (C=O) groups excluding carboxylic acids is 1. The summed E-state index contributed by atoms with van der Waals surface area (Å²) in [6, 6.07) is 0. The van der Waals surface area contributed by atoms with Gasteiger partial charge in [0.15, 0.2) is 0 Å². The van der Waals surface area contributed by atoms with Gasteiger partial charge >= 0.3 is 6.09 Å². The maximum atomic E-state index is 12.1. The van der Waals surface area contributed by atoms with Gasteiger partial charge in [0.05, 0.1) is 0 Å². The molecule has 0 aromatic rings. The number of nitrogens with zero attached hydrogens (tertiary/aromatic N) is 1. The van der Waals surface area contributed by atoms with Crippen LogP contribution in [-0.2, 0) is 4.74 Å². The van der Waals surface area contributed by atoms with Crippen molar-refractivity contribution in [1.82, 2.24) is 10.2 Å². The quantitative estimate of drug-likeness (QED) is 0.842. The number of carbonyl (C=O) groups is 1. The van der Waals surface area contributed by atoms with E-state index < -0.39 is 5.60 Å². The first-order chi connectivity index (χ1) is 10.2. The Labute approximate surface area is 134 Å². The lowest BCUT2D eigenvalue weighted by atomic mass is 9.68. The summed E-state index contributed by atoms with van der Waals surface area (Å²) in [4.78, 5) is 14.0. The Bertz CT molecular complexity index is 466. The van der Waals surface area contributed by atoms with E-state index in [4.69, 9.17) is 4.74 Å². The van der Waals surface area contributed by atoms with Crippen molar-refractivity contribution in [1.29, 1.82) is 0 Å². The summed E-state index contributed by atoms with van der Waals surface area (Å²) in [7, 11) is 1.92. The molecule has 0 unspecified atom stereocenters. The first-order valence-electron chi connectivity index (χ1n) is 8.29. The third-order valence-corrected chi connectivity index (χ3v) is 4.87. The number of allylic oxidation sites excluding steroid dienone is 2. The molecule has 1 aliphatic carbocycles. The van der Waals surface area contributed by atoms with Crippen molar-refractivity contribution in [2.24, 2.45) is 5.41 Å². The van der Waals surface area contributed by atoms with Crippen molar-refractivity contribution in [2.75, 3.05) is 20.1 Å².